The predicted molar refractivity (Wildman–Crippen MR) is 120 cm³/mol. The lowest BCUT2D eigenvalue weighted by atomic mass is 9.95. The molecule has 1 saturated heterocycles. The summed E-state index contributed by atoms with van der Waals surface area (Å²) in [5.74, 6) is -1.57. The van der Waals surface area contributed by atoms with Crippen molar-refractivity contribution < 1.29 is 38.9 Å². The summed E-state index contributed by atoms with van der Waals surface area (Å²) in [5.41, 5.74) is -0.0292. The molecule has 11 nitrogen and oxygen atoms in total. The Kier molecular flexibility index (Phi) is 7.82. The maximum atomic E-state index is 13.0. The number of carbonyl (C=O) groups excluding carboxylic acids is 2. The van der Waals surface area contributed by atoms with Crippen LogP contribution in [0.2, 0.25) is 0 Å². The molecule has 1 aliphatic rings. The normalized spacial score (nSPS) is 17.1. The number of nitro benzene ring substituents is 1. The number of Topliss-reactive ketones (excluding diaryl/α,β-unsaturated/α-hetero) is 1. The minimum absolute atomic E-state index is 0.00466. The Morgan fingerprint density at radius 1 is 1.09 bits per heavy atom. The zero-order chi connectivity index (χ0) is 24.8. The number of aliphatic hydroxyl groups excluding tert-OH is 2. The van der Waals surface area contributed by atoms with Gasteiger partial charge in [0.2, 0.25) is 0 Å². The first-order valence-corrected chi connectivity index (χ1v) is 10.3. The number of hydrogen-bond donors (Lipinski definition) is 2. The number of methoxy groups -OCH3 is 2. The van der Waals surface area contributed by atoms with E-state index in [0.717, 1.165) is 6.07 Å². The van der Waals surface area contributed by atoms with E-state index in [1.165, 1.54) is 37.3 Å². The maximum Gasteiger partial charge on any atom is 0.295 e. The molecule has 1 aliphatic heterocycles. The topological polar surface area (TPSA) is 149 Å². The number of amides is 1. The lowest BCUT2D eigenvalue weighted by Gasteiger charge is -2.26. The van der Waals surface area contributed by atoms with Gasteiger partial charge in [-0.25, -0.2) is 0 Å². The molecule has 1 atom stereocenters. The van der Waals surface area contributed by atoms with Gasteiger partial charge in [0.15, 0.2) is 11.5 Å². The van der Waals surface area contributed by atoms with Crippen LogP contribution in [0.5, 0.6) is 11.5 Å². The number of rotatable bonds is 10. The molecular formula is C23H24N2O9. The van der Waals surface area contributed by atoms with Crippen molar-refractivity contribution in [3.63, 3.8) is 0 Å². The van der Waals surface area contributed by atoms with Gasteiger partial charge in [0.25, 0.3) is 17.4 Å². The van der Waals surface area contributed by atoms with Crippen LogP contribution in [0.1, 0.15) is 17.2 Å². The highest BCUT2D eigenvalue weighted by atomic mass is 16.6. The summed E-state index contributed by atoms with van der Waals surface area (Å²) in [7, 11) is 2.90. The fourth-order valence-corrected chi connectivity index (χ4v) is 3.73. The maximum absolute atomic E-state index is 13.0. The van der Waals surface area contributed by atoms with Crippen LogP contribution in [0.15, 0.2) is 48.0 Å². The van der Waals surface area contributed by atoms with Crippen molar-refractivity contribution in [2.75, 3.05) is 40.6 Å². The average Bonchev–Trinajstić information content (AvgIpc) is 3.10. The number of ketones is 1. The zero-order valence-electron chi connectivity index (χ0n) is 18.6. The van der Waals surface area contributed by atoms with Gasteiger partial charge < -0.3 is 29.3 Å². The third-order valence-electron chi connectivity index (χ3n) is 5.31. The van der Waals surface area contributed by atoms with Crippen LogP contribution in [-0.4, -0.2) is 72.3 Å². The number of nitro groups is 1. The lowest BCUT2D eigenvalue weighted by molar-refractivity contribution is -0.384. The Labute approximate surface area is 194 Å². The highest BCUT2D eigenvalue weighted by Crippen LogP contribution is 2.42. The third-order valence-corrected chi connectivity index (χ3v) is 5.31. The molecule has 0 spiro atoms. The molecule has 0 aliphatic carbocycles. The van der Waals surface area contributed by atoms with Crippen molar-refractivity contribution in [1.82, 2.24) is 4.90 Å². The summed E-state index contributed by atoms with van der Waals surface area (Å²) >= 11 is 0. The third kappa shape index (κ3) is 4.85. The fourth-order valence-electron chi connectivity index (χ4n) is 3.73. The van der Waals surface area contributed by atoms with Gasteiger partial charge in [0, 0.05) is 24.2 Å². The molecule has 3 rings (SSSR count). The second-order valence-corrected chi connectivity index (χ2v) is 7.25. The summed E-state index contributed by atoms with van der Waals surface area (Å²) in [6.45, 7) is -0.118. The van der Waals surface area contributed by atoms with Gasteiger partial charge in [-0.2, -0.15) is 0 Å². The number of carbonyl (C=O) groups is 2. The molecule has 34 heavy (non-hydrogen) atoms. The summed E-state index contributed by atoms with van der Waals surface area (Å²) in [6, 6.07) is 8.94. The van der Waals surface area contributed by atoms with Crippen molar-refractivity contribution in [2.24, 2.45) is 0 Å². The van der Waals surface area contributed by atoms with E-state index in [1.54, 1.807) is 18.2 Å². The smallest absolute Gasteiger partial charge is 0.295 e. The Balaban J connectivity index is 2.15. The van der Waals surface area contributed by atoms with Crippen LogP contribution in [0.3, 0.4) is 0 Å². The molecule has 2 aromatic rings. The largest absolute Gasteiger partial charge is 0.507 e. The Hall–Kier alpha value is -3.96. The molecule has 1 amide bonds. The molecule has 180 valence electrons. The van der Waals surface area contributed by atoms with E-state index in [0.29, 0.717) is 17.1 Å². The quantitative estimate of drug-likeness (QED) is 0.132. The highest BCUT2D eigenvalue weighted by Gasteiger charge is 2.46. The van der Waals surface area contributed by atoms with Gasteiger partial charge in [-0.05, 0) is 17.7 Å². The SMILES string of the molecule is COc1ccc([C@H]2/C(=C(\O)c3cccc([N+](=O)[O-])c3)C(=O)C(=O)N2CCOCCO)cc1OC. The van der Waals surface area contributed by atoms with Gasteiger partial charge >= 0.3 is 0 Å². The minimum Gasteiger partial charge on any atom is -0.507 e. The molecular weight excluding hydrogens is 448 g/mol. The predicted octanol–water partition coefficient (Wildman–Crippen LogP) is 2.04. The van der Waals surface area contributed by atoms with E-state index >= 15 is 0 Å². The molecule has 0 aromatic heterocycles. The molecule has 0 unspecified atom stereocenters. The number of benzene rings is 2. The van der Waals surface area contributed by atoms with Crippen LogP contribution in [-0.2, 0) is 14.3 Å². The first-order chi connectivity index (χ1) is 16.3. The molecule has 2 aromatic carbocycles. The van der Waals surface area contributed by atoms with Gasteiger partial charge in [0.1, 0.15) is 5.76 Å². The minimum atomic E-state index is -1.02. The van der Waals surface area contributed by atoms with Crippen molar-refractivity contribution in [3.8, 4) is 11.5 Å². The van der Waals surface area contributed by atoms with E-state index < -0.39 is 28.4 Å². The van der Waals surface area contributed by atoms with Crippen molar-refractivity contribution >= 4 is 23.1 Å². The van der Waals surface area contributed by atoms with Gasteiger partial charge in [-0.1, -0.05) is 18.2 Å². The summed E-state index contributed by atoms with van der Waals surface area (Å²) in [5, 5.41) is 31.1. The van der Waals surface area contributed by atoms with Crippen LogP contribution in [0.25, 0.3) is 5.76 Å². The van der Waals surface area contributed by atoms with Crippen molar-refractivity contribution in [3.05, 3.63) is 69.3 Å². The lowest BCUT2D eigenvalue weighted by Crippen LogP contribution is -2.33. The zero-order valence-corrected chi connectivity index (χ0v) is 18.6. The van der Waals surface area contributed by atoms with Gasteiger partial charge in [0.05, 0.1) is 50.6 Å². The second kappa shape index (κ2) is 10.8. The first kappa shape index (κ1) is 24.7. The summed E-state index contributed by atoms with van der Waals surface area (Å²) < 4.78 is 15.9. The Bertz CT molecular complexity index is 1130. The molecule has 1 heterocycles. The number of likely N-dealkylation sites (tertiary alicyclic amines) is 1. The van der Waals surface area contributed by atoms with Crippen molar-refractivity contribution in [2.45, 2.75) is 6.04 Å². The van der Waals surface area contributed by atoms with E-state index in [9.17, 15) is 24.8 Å². The van der Waals surface area contributed by atoms with Crippen LogP contribution in [0.4, 0.5) is 5.69 Å². The number of non-ortho nitro benzene ring substituents is 1. The molecule has 1 fully saturated rings. The number of ether oxygens (including phenoxy) is 3. The van der Waals surface area contributed by atoms with Gasteiger partial charge in [-0.3, -0.25) is 19.7 Å². The number of aliphatic hydroxyl groups is 2. The average molecular weight is 472 g/mol. The fraction of sp³-hybridized carbons (Fsp3) is 0.304. The van der Waals surface area contributed by atoms with Gasteiger partial charge in [-0.15, -0.1) is 0 Å². The van der Waals surface area contributed by atoms with E-state index in [-0.39, 0.29) is 43.2 Å². The van der Waals surface area contributed by atoms with E-state index in [4.69, 9.17) is 19.3 Å². The molecule has 0 radical (unpaired) electrons. The summed E-state index contributed by atoms with van der Waals surface area (Å²) in [6.07, 6.45) is 0. The van der Waals surface area contributed by atoms with Crippen LogP contribution < -0.4 is 9.47 Å². The monoisotopic (exact) mass is 472 g/mol. The van der Waals surface area contributed by atoms with Crippen LogP contribution in [0, 0.1) is 10.1 Å². The number of nitrogens with zero attached hydrogens (tertiary/aromatic N) is 2. The van der Waals surface area contributed by atoms with E-state index in [1.807, 2.05) is 0 Å². The summed E-state index contributed by atoms with van der Waals surface area (Å²) in [4.78, 5) is 37.7. The standard InChI is InChI=1S/C23H24N2O9/c1-32-17-7-6-14(13-18(17)33-2)20-19(21(27)15-4-3-5-16(12-15)25(30)31)22(28)23(29)24(20)8-10-34-11-9-26/h3-7,12-13,20,26-27H,8-11H2,1-2H3/b21-19+/t20-/m0/s1. The van der Waals surface area contributed by atoms with Crippen LogP contribution >= 0.6 is 0 Å². The first-order valence-electron chi connectivity index (χ1n) is 10.3. The molecule has 11 heteroatoms. The molecule has 2 N–H and O–H groups in total. The van der Waals surface area contributed by atoms with E-state index in [2.05, 4.69) is 0 Å². The highest BCUT2D eigenvalue weighted by molar-refractivity contribution is 6.46. The Morgan fingerprint density at radius 3 is 2.47 bits per heavy atom. The second-order valence-electron chi connectivity index (χ2n) is 7.25. The van der Waals surface area contributed by atoms with Crippen molar-refractivity contribution in [1.29, 1.82) is 0 Å². The molecule has 0 bridgehead atoms. The molecule has 0 saturated carbocycles. The number of hydrogen-bond acceptors (Lipinski definition) is 9. The Morgan fingerprint density at radius 2 is 1.82 bits per heavy atom.